The van der Waals surface area contributed by atoms with Gasteiger partial charge >= 0.3 is 0 Å². The van der Waals surface area contributed by atoms with Gasteiger partial charge in [-0.3, -0.25) is 9.59 Å². The number of hydrogen-bond acceptors (Lipinski definition) is 3. The van der Waals surface area contributed by atoms with Gasteiger partial charge in [-0.15, -0.1) is 0 Å². The first-order valence-corrected chi connectivity index (χ1v) is 7.27. The maximum atomic E-state index is 12.3. The smallest absolute Gasteiger partial charge is 0.245 e. The van der Waals surface area contributed by atoms with Crippen LogP contribution in [0.4, 0.5) is 0 Å². The summed E-state index contributed by atoms with van der Waals surface area (Å²) in [5.41, 5.74) is 0. The van der Waals surface area contributed by atoms with E-state index in [2.05, 4.69) is 5.32 Å². The van der Waals surface area contributed by atoms with E-state index in [1.165, 1.54) is 12.8 Å². The van der Waals surface area contributed by atoms with Crippen molar-refractivity contribution in [3.8, 4) is 0 Å². The van der Waals surface area contributed by atoms with Gasteiger partial charge in [0.15, 0.2) is 0 Å². The van der Waals surface area contributed by atoms with Gasteiger partial charge in [0.25, 0.3) is 0 Å². The van der Waals surface area contributed by atoms with Gasteiger partial charge < -0.3 is 15.0 Å². The second-order valence-electron chi connectivity index (χ2n) is 5.71. The average Bonchev–Trinajstić information content (AvgIpc) is 3.21. The van der Waals surface area contributed by atoms with Crippen LogP contribution in [-0.2, 0) is 14.3 Å². The minimum atomic E-state index is -0.366. The minimum absolute atomic E-state index is 0.0315. The molecule has 0 aromatic carbocycles. The largest absolute Gasteiger partial charge is 0.379 e. The fourth-order valence-corrected chi connectivity index (χ4v) is 2.25. The Morgan fingerprint density at radius 2 is 2.16 bits per heavy atom. The normalized spacial score (nSPS) is 25.4. The summed E-state index contributed by atoms with van der Waals surface area (Å²) in [4.78, 5) is 25.5. The lowest BCUT2D eigenvalue weighted by Gasteiger charge is -2.35. The third kappa shape index (κ3) is 3.93. The van der Waals surface area contributed by atoms with Gasteiger partial charge in [-0.05, 0) is 24.7 Å². The van der Waals surface area contributed by atoms with Crippen molar-refractivity contribution in [1.29, 1.82) is 0 Å². The van der Waals surface area contributed by atoms with Gasteiger partial charge in [-0.2, -0.15) is 0 Å². The van der Waals surface area contributed by atoms with E-state index in [1.807, 2.05) is 13.8 Å². The first kappa shape index (κ1) is 14.3. The number of nitrogens with zero attached hydrogens (tertiary/aromatic N) is 1. The molecule has 1 saturated carbocycles. The predicted octanol–water partition coefficient (Wildman–Crippen LogP) is 0.786. The molecule has 1 aliphatic heterocycles. The summed E-state index contributed by atoms with van der Waals surface area (Å²) >= 11 is 0. The van der Waals surface area contributed by atoms with Gasteiger partial charge in [-0.1, -0.05) is 20.3 Å². The molecule has 0 radical (unpaired) electrons. The van der Waals surface area contributed by atoms with E-state index >= 15 is 0 Å². The van der Waals surface area contributed by atoms with Gasteiger partial charge in [-0.25, -0.2) is 0 Å². The van der Waals surface area contributed by atoms with E-state index in [4.69, 9.17) is 4.74 Å². The maximum Gasteiger partial charge on any atom is 0.245 e. The summed E-state index contributed by atoms with van der Waals surface area (Å²) in [6.45, 7) is 6.04. The molecular formula is C14H24N2O3. The number of carbonyl (C=O) groups excluding carboxylic acids is 2. The lowest BCUT2D eigenvalue weighted by molar-refractivity contribution is -0.146. The predicted molar refractivity (Wildman–Crippen MR) is 71.5 cm³/mol. The molecule has 0 aromatic heterocycles. The summed E-state index contributed by atoms with van der Waals surface area (Å²) in [5.74, 6) is 0.871. The first-order chi connectivity index (χ1) is 9.11. The quantitative estimate of drug-likeness (QED) is 0.694. The SMILES string of the molecule is CCC(C)C1NC(=O)CN(CCOCC2CC2)C1=O. The molecule has 2 atom stereocenters. The van der Waals surface area contributed by atoms with Gasteiger partial charge in [0.2, 0.25) is 11.8 Å². The molecule has 1 saturated heterocycles. The number of piperazine rings is 1. The van der Waals surface area contributed by atoms with Crippen LogP contribution in [0.1, 0.15) is 33.1 Å². The monoisotopic (exact) mass is 268 g/mol. The van der Waals surface area contributed by atoms with Crippen LogP contribution in [0.5, 0.6) is 0 Å². The summed E-state index contributed by atoms with van der Waals surface area (Å²) in [5, 5.41) is 2.79. The number of nitrogens with one attached hydrogen (secondary N) is 1. The molecule has 0 aromatic rings. The summed E-state index contributed by atoms with van der Waals surface area (Å²) in [6.07, 6.45) is 3.41. The van der Waals surface area contributed by atoms with Crippen molar-refractivity contribution in [2.24, 2.45) is 11.8 Å². The Labute approximate surface area is 114 Å². The third-order valence-corrected chi connectivity index (χ3v) is 4.00. The van der Waals surface area contributed by atoms with E-state index in [9.17, 15) is 9.59 Å². The van der Waals surface area contributed by atoms with Crippen LogP contribution in [0.3, 0.4) is 0 Å². The highest BCUT2D eigenvalue weighted by Crippen LogP contribution is 2.28. The Kier molecular flexibility index (Phi) is 4.80. The number of ether oxygens (including phenoxy) is 1. The second-order valence-corrected chi connectivity index (χ2v) is 5.71. The number of rotatable bonds is 7. The zero-order chi connectivity index (χ0) is 13.8. The zero-order valence-corrected chi connectivity index (χ0v) is 11.9. The van der Waals surface area contributed by atoms with E-state index in [1.54, 1.807) is 4.90 Å². The van der Waals surface area contributed by atoms with Crippen LogP contribution in [0.15, 0.2) is 0 Å². The number of hydrogen-bond donors (Lipinski definition) is 1. The van der Waals surface area contributed by atoms with Gasteiger partial charge in [0.05, 0.1) is 13.2 Å². The highest BCUT2D eigenvalue weighted by atomic mass is 16.5. The van der Waals surface area contributed by atoms with Crippen LogP contribution in [0.2, 0.25) is 0 Å². The van der Waals surface area contributed by atoms with Crippen LogP contribution in [0, 0.1) is 11.8 Å². The second kappa shape index (κ2) is 6.37. The van der Waals surface area contributed by atoms with Gasteiger partial charge in [0.1, 0.15) is 6.04 Å². The third-order valence-electron chi connectivity index (χ3n) is 4.00. The van der Waals surface area contributed by atoms with Crippen molar-refractivity contribution in [2.45, 2.75) is 39.2 Å². The van der Waals surface area contributed by atoms with Crippen molar-refractivity contribution in [3.05, 3.63) is 0 Å². The Morgan fingerprint density at radius 1 is 1.42 bits per heavy atom. The van der Waals surface area contributed by atoms with Crippen molar-refractivity contribution in [1.82, 2.24) is 10.2 Å². The molecule has 5 nitrogen and oxygen atoms in total. The van der Waals surface area contributed by atoms with Crippen molar-refractivity contribution >= 4 is 11.8 Å². The van der Waals surface area contributed by atoms with Crippen LogP contribution in [-0.4, -0.2) is 49.1 Å². The number of amides is 2. The van der Waals surface area contributed by atoms with Crippen LogP contribution < -0.4 is 5.32 Å². The molecule has 19 heavy (non-hydrogen) atoms. The lowest BCUT2D eigenvalue weighted by atomic mass is 9.96. The van der Waals surface area contributed by atoms with Gasteiger partial charge in [0, 0.05) is 13.2 Å². The van der Waals surface area contributed by atoms with Crippen LogP contribution >= 0.6 is 0 Å². The van der Waals surface area contributed by atoms with E-state index < -0.39 is 0 Å². The Hall–Kier alpha value is -1.10. The molecule has 1 aliphatic carbocycles. The fourth-order valence-electron chi connectivity index (χ4n) is 2.25. The number of carbonyl (C=O) groups is 2. The van der Waals surface area contributed by atoms with E-state index in [0.717, 1.165) is 18.9 Å². The Bertz CT molecular complexity index is 342. The molecule has 1 heterocycles. The first-order valence-electron chi connectivity index (χ1n) is 7.27. The van der Waals surface area contributed by atoms with Crippen molar-refractivity contribution < 1.29 is 14.3 Å². The molecule has 2 fully saturated rings. The fraction of sp³-hybridized carbons (Fsp3) is 0.857. The molecule has 0 spiro atoms. The summed E-state index contributed by atoms with van der Waals surface area (Å²) in [6, 6.07) is -0.366. The van der Waals surface area contributed by atoms with Crippen molar-refractivity contribution in [3.63, 3.8) is 0 Å². The van der Waals surface area contributed by atoms with Crippen molar-refractivity contribution in [2.75, 3.05) is 26.3 Å². The highest BCUT2D eigenvalue weighted by molar-refractivity contribution is 5.95. The molecule has 2 amide bonds. The van der Waals surface area contributed by atoms with Crippen LogP contribution in [0.25, 0.3) is 0 Å². The molecule has 0 bridgehead atoms. The Morgan fingerprint density at radius 3 is 2.79 bits per heavy atom. The standard InChI is InChI=1S/C14H24N2O3/c1-3-10(2)13-14(18)16(8-12(17)15-13)6-7-19-9-11-4-5-11/h10-11,13H,3-9H2,1-2H3,(H,15,17). The average molecular weight is 268 g/mol. The molecule has 2 aliphatic rings. The molecule has 5 heteroatoms. The minimum Gasteiger partial charge on any atom is -0.379 e. The summed E-state index contributed by atoms with van der Waals surface area (Å²) < 4.78 is 5.54. The molecule has 2 rings (SSSR count). The zero-order valence-electron chi connectivity index (χ0n) is 11.9. The maximum absolute atomic E-state index is 12.3. The lowest BCUT2D eigenvalue weighted by Crippen LogP contribution is -2.60. The topological polar surface area (TPSA) is 58.6 Å². The Balaban J connectivity index is 1.80. The highest BCUT2D eigenvalue weighted by Gasteiger charge is 2.35. The van der Waals surface area contributed by atoms with E-state index in [-0.39, 0.29) is 30.3 Å². The molecular weight excluding hydrogens is 244 g/mol. The summed E-state index contributed by atoms with van der Waals surface area (Å²) in [7, 11) is 0. The van der Waals surface area contributed by atoms with E-state index in [0.29, 0.717) is 13.2 Å². The molecule has 1 N–H and O–H groups in total. The molecule has 108 valence electrons. The molecule has 2 unspecified atom stereocenters.